The minimum absolute atomic E-state index is 0.0366. The summed E-state index contributed by atoms with van der Waals surface area (Å²) < 4.78 is 34.2. The largest absolute Gasteiger partial charge is 0.485 e. The number of benzene rings is 2. The molecule has 5 heteroatoms. The summed E-state index contributed by atoms with van der Waals surface area (Å²) in [6.07, 6.45) is 0.0332. The van der Waals surface area contributed by atoms with E-state index < -0.39 is 17.7 Å². The lowest BCUT2D eigenvalue weighted by atomic mass is 9.93. The van der Waals surface area contributed by atoms with Crippen LogP contribution in [0.2, 0.25) is 0 Å². The Morgan fingerprint density at radius 2 is 2.00 bits per heavy atom. The molecule has 2 unspecified atom stereocenters. The maximum absolute atomic E-state index is 14.0. The van der Waals surface area contributed by atoms with E-state index in [0.29, 0.717) is 12.2 Å². The van der Waals surface area contributed by atoms with Crippen molar-refractivity contribution < 1.29 is 13.5 Å². The van der Waals surface area contributed by atoms with Gasteiger partial charge in [-0.2, -0.15) is 0 Å². The van der Waals surface area contributed by atoms with Crippen LogP contribution in [0.5, 0.6) is 5.75 Å². The number of halogens is 3. The highest BCUT2D eigenvalue weighted by Crippen LogP contribution is 2.42. The van der Waals surface area contributed by atoms with Gasteiger partial charge >= 0.3 is 0 Å². The first-order valence-corrected chi connectivity index (χ1v) is 7.46. The molecule has 0 fully saturated rings. The molecule has 0 aliphatic carbocycles. The summed E-state index contributed by atoms with van der Waals surface area (Å²) in [5.41, 5.74) is 1.27. The van der Waals surface area contributed by atoms with Gasteiger partial charge in [-0.1, -0.05) is 34.1 Å². The lowest BCUT2D eigenvalue weighted by Gasteiger charge is -2.32. The van der Waals surface area contributed by atoms with E-state index in [1.54, 1.807) is 6.07 Å². The minimum atomic E-state index is -0.850. The second kappa shape index (κ2) is 5.73. The van der Waals surface area contributed by atoms with Crippen LogP contribution < -0.4 is 10.1 Å². The van der Waals surface area contributed by atoms with E-state index in [9.17, 15) is 8.78 Å². The lowest BCUT2D eigenvalue weighted by Crippen LogP contribution is -2.27. The Morgan fingerprint density at radius 1 is 1.19 bits per heavy atom. The summed E-state index contributed by atoms with van der Waals surface area (Å²) in [7, 11) is 1.85. The second-order valence-corrected chi connectivity index (χ2v) is 5.92. The summed E-state index contributed by atoms with van der Waals surface area (Å²) in [6, 6.07) is 9.98. The van der Waals surface area contributed by atoms with Gasteiger partial charge in [0.1, 0.15) is 11.9 Å². The van der Waals surface area contributed by atoms with Gasteiger partial charge in [-0.25, -0.2) is 8.78 Å². The van der Waals surface area contributed by atoms with Gasteiger partial charge in [-0.05, 0) is 25.2 Å². The molecule has 2 atom stereocenters. The molecule has 1 aliphatic rings. The van der Waals surface area contributed by atoms with Crippen LogP contribution in [-0.2, 0) is 0 Å². The van der Waals surface area contributed by atoms with E-state index in [4.69, 9.17) is 4.74 Å². The van der Waals surface area contributed by atoms with Crippen LogP contribution in [-0.4, -0.2) is 7.05 Å². The van der Waals surface area contributed by atoms with Gasteiger partial charge in [0, 0.05) is 28.1 Å². The molecular weight excluding hydrogens is 340 g/mol. The third kappa shape index (κ3) is 2.68. The smallest absolute Gasteiger partial charge is 0.165 e. The van der Waals surface area contributed by atoms with E-state index in [0.717, 1.165) is 16.1 Å². The van der Waals surface area contributed by atoms with Crippen molar-refractivity contribution in [2.75, 3.05) is 7.05 Å². The van der Waals surface area contributed by atoms with Crippen molar-refractivity contribution in [2.45, 2.75) is 18.6 Å². The molecule has 2 nitrogen and oxygen atoms in total. The Balaban J connectivity index is 2.02. The van der Waals surface area contributed by atoms with E-state index in [1.807, 2.05) is 25.2 Å². The van der Waals surface area contributed by atoms with Gasteiger partial charge in [0.15, 0.2) is 11.6 Å². The first kappa shape index (κ1) is 14.5. The average molecular weight is 354 g/mol. The summed E-state index contributed by atoms with van der Waals surface area (Å²) in [4.78, 5) is 0. The number of nitrogens with one attached hydrogen (secondary N) is 1. The molecule has 0 amide bonds. The van der Waals surface area contributed by atoms with Gasteiger partial charge in [-0.3, -0.25) is 0 Å². The highest BCUT2D eigenvalue weighted by molar-refractivity contribution is 9.10. The SMILES string of the molecule is CNC1CC(c2cccc(F)c2F)Oc2cc(Br)ccc21. The van der Waals surface area contributed by atoms with Crippen molar-refractivity contribution in [2.24, 2.45) is 0 Å². The van der Waals surface area contributed by atoms with Crippen LogP contribution in [0.3, 0.4) is 0 Å². The fourth-order valence-electron chi connectivity index (χ4n) is 2.67. The zero-order valence-electron chi connectivity index (χ0n) is 11.4. The van der Waals surface area contributed by atoms with Crippen molar-refractivity contribution in [1.29, 1.82) is 0 Å². The molecular formula is C16H14BrF2NO. The zero-order valence-corrected chi connectivity index (χ0v) is 13.0. The van der Waals surface area contributed by atoms with Crippen LogP contribution in [0, 0.1) is 11.6 Å². The Morgan fingerprint density at radius 3 is 2.76 bits per heavy atom. The summed E-state index contributed by atoms with van der Waals surface area (Å²) >= 11 is 3.40. The third-order valence-electron chi connectivity index (χ3n) is 3.75. The molecule has 1 heterocycles. The Labute approximate surface area is 130 Å². The average Bonchev–Trinajstić information content (AvgIpc) is 2.48. The third-order valence-corrected chi connectivity index (χ3v) is 4.24. The van der Waals surface area contributed by atoms with E-state index in [-0.39, 0.29) is 11.6 Å². The molecule has 0 radical (unpaired) electrons. The predicted octanol–water partition coefficient (Wildman–Crippen LogP) is 4.51. The van der Waals surface area contributed by atoms with Crippen molar-refractivity contribution in [3.8, 4) is 5.75 Å². The first-order valence-electron chi connectivity index (χ1n) is 6.67. The van der Waals surface area contributed by atoms with Crippen LogP contribution >= 0.6 is 15.9 Å². The fraction of sp³-hybridized carbons (Fsp3) is 0.250. The minimum Gasteiger partial charge on any atom is -0.485 e. The van der Waals surface area contributed by atoms with Crippen molar-refractivity contribution in [3.63, 3.8) is 0 Å². The fourth-order valence-corrected chi connectivity index (χ4v) is 3.01. The highest BCUT2D eigenvalue weighted by atomic mass is 79.9. The topological polar surface area (TPSA) is 21.3 Å². The Bertz CT molecular complexity index is 677. The van der Waals surface area contributed by atoms with Gasteiger partial charge < -0.3 is 10.1 Å². The molecule has 0 aromatic heterocycles. The summed E-state index contributed by atoms with van der Waals surface area (Å²) in [5, 5.41) is 3.20. The number of hydrogen-bond acceptors (Lipinski definition) is 2. The van der Waals surface area contributed by atoms with Gasteiger partial charge in [0.05, 0.1) is 0 Å². The van der Waals surface area contributed by atoms with Crippen molar-refractivity contribution in [3.05, 3.63) is 63.6 Å². The zero-order chi connectivity index (χ0) is 15.0. The van der Waals surface area contributed by atoms with Crippen LogP contribution in [0.4, 0.5) is 8.78 Å². The standard InChI is InChI=1S/C16H14BrF2NO/c1-20-13-8-15(11-3-2-4-12(18)16(11)19)21-14-7-9(17)5-6-10(13)14/h2-7,13,15,20H,8H2,1H3. The molecule has 1 aliphatic heterocycles. The molecule has 110 valence electrons. The van der Waals surface area contributed by atoms with E-state index in [2.05, 4.69) is 21.2 Å². The monoisotopic (exact) mass is 353 g/mol. The van der Waals surface area contributed by atoms with Gasteiger partial charge in [-0.15, -0.1) is 0 Å². The number of fused-ring (bicyclic) bond motifs is 1. The molecule has 3 rings (SSSR count). The maximum atomic E-state index is 14.0. The molecule has 1 N–H and O–H groups in total. The quantitative estimate of drug-likeness (QED) is 0.857. The number of hydrogen-bond donors (Lipinski definition) is 1. The van der Waals surface area contributed by atoms with Gasteiger partial charge in [0.2, 0.25) is 0 Å². The predicted molar refractivity (Wildman–Crippen MR) is 80.3 cm³/mol. The van der Waals surface area contributed by atoms with Crippen LogP contribution in [0.15, 0.2) is 40.9 Å². The maximum Gasteiger partial charge on any atom is 0.165 e. The van der Waals surface area contributed by atoms with Crippen LogP contribution in [0.25, 0.3) is 0 Å². The Hall–Kier alpha value is -1.46. The lowest BCUT2D eigenvalue weighted by molar-refractivity contribution is 0.149. The van der Waals surface area contributed by atoms with Gasteiger partial charge in [0.25, 0.3) is 0 Å². The normalized spacial score (nSPS) is 20.8. The Kier molecular flexibility index (Phi) is 3.95. The molecule has 0 spiro atoms. The summed E-state index contributed by atoms with van der Waals surface area (Å²) in [5.74, 6) is -1.00. The van der Waals surface area contributed by atoms with E-state index >= 15 is 0 Å². The van der Waals surface area contributed by atoms with E-state index in [1.165, 1.54) is 6.07 Å². The molecule has 2 aromatic rings. The first-order chi connectivity index (χ1) is 10.1. The number of rotatable bonds is 2. The molecule has 2 aromatic carbocycles. The molecule has 0 saturated heterocycles. The van der Waals surface area contributed by atoms with Crippen molar-refractivity contribution in [1.82, 2.24) is 5.32 Å². The molecule has 0 bridgehead atoms. The summed E-state index contributed by atoms with van der Waals surface area (Å²) in [6.45, 7) is 0. The molecule has 21 heavy (non-hydrogen) atoms. The highest BCUT2D eigenvalue weighted by Gasteiger charge is 2.30. The molecule has 0 saturated carbocycles. The number of ether oxygens (including phenoxy) is 1. The van der Waals surface area contributed by atoms with Crippen molar-refractivity contribution >= 4 is 15.9 Å². The second-order valence-electron chi connectivity index (χ2n) is 5.01. The van der Waals surface area contributed by atoms with Crippen LogP contribution in [0.1, 0.15) is 29.7 Å².